The van der Waals surface area contributed by atoms with E-state index in [4.69, 9.17) is 10.3 Å². The van der Waals surface area contributed by atoms with Crippen LogP contribution in [0.25, 0.3) is 0 Å². The molecule has 0 aromatic carbocycles. The highest BCUT2D eigenvalue weighted by Gasteiger charge is 2.16. The molecule has 0 saturated carbocycles. The molecule has 0 unspecified atom stereocenters. The van der Waals surface area contributed by atoms with Gasteiger partial charge in [-0.3, -0.25) is 14.9 Å². The number of amides is 1. The summed E-state index contributed by atoms with van der Waals surface area (Å²) in [6.07, 6.45) is 0. The lowest BCUT2D eigenvalue weighted by atomic mass is 10.2. The molecule has 2 heterocycles. The van der Waals surface area contributed by atoms with Crippen molar-refractivity contribution in [3.8, 4) is 0 Å². The van der Waals surface area contributed by atoms with Crippen molar-refractivity contribution in [1.29, 1.82) is 0 Å². The maximum absolute atomic E-state index is 11.5. The van der Waals surface area contributed by atoms with Crippen molar-refractivity contribution in [2.24, 2.45) is 5.84 Å². The Hall–Kier alpha value is -2.08. The number of furan rings is 1. The Morgan fingerprint density at radius 2 is 2.11 bits per heavy atom. The molecule has 0 saturated heterocycles. The molecule has 6 nitrogen and oxygen atoms in total. The van der Waals surface area contributed by atoms with Crippen LogP contribution in [-0.2, 0) is 6.54 Å². The maximum atomic E-state index is 11.5. The van der Waals surface area contributed by atoms with Crippen molar-refractivity contribution in [1.82, 2.24) is 15.2 Å². The first-order chi connectivity index (χ1) is 8.93. The molecule has 0 radical (unpaired) electrons. The summed E-state index contributed by atoms with van der Waals surface area (Å²) < 4.78 is 7.39. The molecule has 2 aromatic heterocycles. The van der Waals surface area contributed by atoms with E-state index < -0.39 is 5.91 Å². The van der Waals surface area contributed by atoms with E-state index in [1.165, 1.54) is 5.56 Å². The van der Waals surface area contributed by atoms with Crippen LogP contribution in [0.3, 0.4) is 0 Å². The van der Waals surface area contributed by atoms with Gasteiger partial charge in [0.15, 0.2) is 5.76 Å². The zero-order valence-corrected chi connectivity index (χ0v) is 11.6. The van der Waals surface area contributed by atoms with Crippen molar-refractivity contribution >= 4 is 5.91 Å². The molecule has 3 N–H and O–H groups in total. The third-order valence-electron chi connectivity index (χ3n) is 3.36. The lowest BCUT2D eigenvalue weighted by molar-refractivity contribution is 0.0923. The van der Waals surface area contributed by atoms with Crippen LogP contribution in [0.2, 0.25) is 0 Å². The Morgan fingerprint density at radius 1 is 1.42 bits per heavy atom. The van der Waals surface area contributed by atoms with E-state index in [0.717, 1.165) is 17.0 Å². The summed E-state index contributed by atoms with van der Waals surface area (Å²) in [6, 6.07) is 1.83. The number of carbonyl (C=O) groups excluding carboxylic acids is 1. The van der Waals surface area contributed by atoms with Gasteiger partial charge >= 0.3 is 5.91 Å². The number of hydrogen-bond donors (Lipinski definition) is 2. The van der Waals surface area contributed by atoms with Crippen molar-refractivity contribution in [2.45, 2.75) is 34.2 Å². The van der Waals surface area contributed by atoms with E-state index in [9.17, 15) is 4.79 Å². The van der Waals surface area contributed by atoms with E-state index in [1.54, 1.807) is 0 Å². The number of nitrogens with zero attached hydrogens (tertiary/aromatic N) is 2. The van der Waals surface area contributed by atoms with Gasteiger partial charge in [-0.05, 0) is 39.3 Å². The fourth-order valence-corrected chi connectivity index (χ4v) is 2.00. The van der Waals surface area contributed by atoms with Crippen molar-refractivity contribution in [3.05, 3.63) is 40.1 Å². The molecule has 2 aromatic rings. The van der Waals surface area contributed by atoms with Crippen LogP contribution in [-0.4, -0.2) is 15.7 Å². The molecule has 6 heteroatoms. The molecule has 0 spiro atoms. The normalized spacial score (nSPS) is 10.8. The summed E-state index contributed by atoms with van der Waals surface area (Å²) in [6.45, 7) is 8.33. The number of nitrogen functional groups attached to an aromatic ring is 1. The highest BCUT2D eigenvalue weighted by molar-refractivity contribution is 5.92. The standard InChI is InChI=1S/C13H18N4O2/c1-7-5-11(19-12(7)13(18)15-14)6-17-10(4)8(2)9(3)16-17/h5H,6,14H2,1-4H3,(H,15,18). The molecule has 0 aliphatic heterocycles. The lowest BCUT2D eigenvalue weighted by Gasteiger charge is -2.01. The van der Waals surface area contributed by atoms with Gasteiger partial charge in [0.2, 0.25) is 0 Å². The first kappa shape index (κ1) is 13.4. The van der Waals surface area contributed by atoms with E-state index >= 15 is 0 Å². The van der Waals surface area contributed by atoms with Gasteiger partial charge in [-0.1, -0.05) is 0 Å². The van der Waals surface area contributed by atoms with Crippen molar-refractivity contribution in [2.75, 3.05) is 0 Å². The molecule has 0 atom stereocenters. The SMILES string of the molecule is Cc1cc(Cn2nc(C)c(C)c2C)oc1C(=O)NN. The zero-order valence-electron chi connectivity index (χ0n) is 11.6. The topological polar surface area (TPSA) is 86.1 Å². The van der Waals surface area contributed by atoms with Crippen molar-refractivity contribution < 1.29 is 9.21 Å². The highest BCUT2D eigenvalue weighted by Crippen LogP contribution is 2.18. The minimum atomic E-state index is -0.423. The molecule has 19 heavy (non-hydrogen) atoms. The molecule has 1 amide bonds. The summed E-state index contributed by atoms with van der Waals surface area (Å²) in [5.74, 6) is 5.61. The predicted molar refractivity (Wildman–Crippen MR) is 70.6 cm³/mol. The van der Waals surface area contributed by atoms with Gasteiger partial charge in [0.05, 0.1) is 12.2 Å². The number of hydrogen-bond acceptors (Lipinski definition) is 4. The molecule has 0 aliphatic rings. The molecule has 0 bridgehead atoms. The number of hydrazine groups is 1. The summed E-state index contributed by atoms with van der Waals surface area (Å²) in [5.41, 5.74) is 6.09. The number of carbonyl (C=O) groups is 1. The monoisotopic (exact) mass is 262 g/mol. The smallest absolute Gasteiger partial charge is 0.301 e. The minimum Gasteiger partial charge on any atom is -0.454 e. The summed E-state index contributed by atoms with van der Waals surface area (Å²) in [7, 11) is 0. The molecule has 102 valence electrons. The second-order valence-corrected chi connectivity index (χ2v) is 4.65. The average Bonchev–Trinajstić information content (AvgIpc) is 2.85. The number of nitrogens with one attached hydrogen (secondary N) is 1. The number of aromatic nitrogens is 2. The summed E-state index contributed by atoms with van der Waals surface area (Å²) >= 11 is 0. The van der Waals surface area contributed by atoms with E-state index in [0.29, 0.717) is 12.3 Å². The van der Waals surface area contributed by atoms with Crippen LogP contribution in [0, 0.1) is 27.7 Å². The minimum absolute atomic E-state index is 0.246. The molecule has 0 fully saturated rings. The third kappa shape index (κ3) is 2.39. The molecule has 0 aliphatic carbocycles. The Labute approximate surface area is 111 Å². The fourth-order valence-electron chi connectivity index (χ4n) is 2.00. The number of rotatable bonds is 3. The second-order valence-electron chi connectivity index (χ2n) is 4.65. The van der Waals surface area contributed by atoms with Gasteiger partial charge < -0.3 is 4.42 Å². The first-order valence-corrected chi connectivity index (χ1v) is 6.05. The van der Waals surface area contributed by atoms with E-state index in [2.05, 4.69) is 10.5 Å². The van der Waals surface area contributed by atoms with E-state index in [-0.39, 0.29) is 5.76 Å². The Bertz CT molecular complexity index is 625. The largest absolute Gasteiger partial charge is 0.454 e. The van der Waals surface area contributed by atoms with Gasteiger partial charge in [0.25, 0.3) is 0 Å². The van der Waals surface area contributed by atoms with Crippen LogP contribution < -0.4 is 11.3 Å². The Balaban J connectivity index is 2.29. The molecular formula is C13H18N4O2. The van der Waals surface area contributed by atoms with Crippen molar-refractivity contribution in [3.63, 3.8) is 0 Å². The lowest BCUT2D eigenvalue weighted by Crippen LogP contribution is -2.30. The van der Waals surface area contributed by atoms with Gasteiger partial charge in [-0.25, -0.2) is 5.84 Å². The molecular weight excluding hydrogens is 244 g/mol. The highest BCUT2D eigenvalue weighted by atomic mass is 16.4. The Kier molecular flexibility index (Phi) is 3.44. The first-order valence-electron chi connectivity index (χ1n) is 6.05. The third-order valence-corrected chi connectivity index (χ3v) is 3.36. The summed E-state index contributed by atoms with van der Waals surface area (Å²) in [4.78, 5) is 11.5. The van der Waals surface area contributed by atoms with Gasteiger partial charge in [0, 0.05) is 11.3 Å². The average molecular weight is 262 g/mol. The van der Waals surface area contributed by atoms with Gasteiger partial charge in [0.1, 0.15) is 5.76 Å². The Morgan fingerprint density at radius 3 is 2.63 bits per heavy atom. The van der Waals surface area contributed by atoms with Gasteiger partial charge in [-0.2, -0.15) is 5.10 Å². The van der Waals surface area contributed by atoms with Crippen LogP contribution in [0.15, 0.2) is 10.5 Å². The van der Waals surface area contributed by atoms with Crippen LogP contribution in [0.5, 0.6) is 0 Å². The quantitative estimate of drug-likeness (QED) is 0.497. The predicted octanol–water partition coefficient (Wildman–Crippen LogP) is 1.36. The van der Waals surface area contributed by atoms with Crippen LogP contribution in [0.1, 0.15) is 38.8 Å². The second kappa shape index (κ2) is 4.89. The zero-order chi connectivity index (χ0) is 14.2. The molecule has 2 rings (SSSR count). The number of aryl methyl sites for hydroxylation is 2. The van der Waals surface area contributed by atoms with Crippen LogP contribution >= 0.6 is 0 Å². The maximum Gasteiger partial charge on any atom is 0.301 e. The van der Waals surface area contributed by atoms with Crippen LogP contribution in [0.4, 0.5) is 0 Å². The van der Waals surface area contributed by atoms with E-state index in [1.807, 2.05) is 38.4 Å². The fraction of sp³-hybridized carbons (Fsp3) is 0.385. The number of nitrogens with two attached hydrogens (primary N) is 1. The van der Waals surface area contributed by atoms with Gasteiger partial charge in [-0.15, -0.1) is 0 Å². The summed E-state index contributed by atoms with van der Waals surface area (Å²) in [5, 5.41) is 4.44.